The van der Waals surface area contributed by atoms with E-state index in [9.17, 15) is 4.39 Å². The Balaban J connectivity index is 2.28. The van der Waals surface area contributed by atoms with Crippen molar-refractivity contribution in [1.29, 1.82) is 5.26 Å². The number of nitrogens with zero attached hydrogens (tertiary/aromatic N) is 3. The van der Waals surface area contributed by atoms with E-state index in [0.29, 0.717) is 5.16 Å². The number of benzene rings is 1. The maximum absolute atomic E-state index is 13.4. The average Bonchev–Trinajstić information content (AvgIpc) is 2.38. The molecule has 2 rings (SSSR count). The number of ether oxygens (including phenoxy) is 1. The van der Waals surface area contributed by atoms with Crippen LogP contribution >= 0.6 is 11.8 Å². The Morgan fingerprint density at radius 3 is 2.79 bits per heavy atom. The molecule has 0 fully saturated rings. The van der Waals surface area contributed by atoms with Crippen LogP contribution in [0, 0.1) is 17.1 Å². The SMILES string of the molecule is CSc1nc(N)cc(Oc2ccc(C#N)c(F)c2)n1. The highest BCUT2D eigenvalue weighted by Crippen LogP contribution is 2.24. The molecule has 0 unspecified atom stereocenters. The lowest BCUT2D eigenvalue weighted by Crippen LogP contribution is -1.97. The summed E-state index contributed by atoms with van der Waals surface area (Å²) in [7, 11) is 0. The summed E-state index contributed by atoms with van der Waals surface area (Å²) in [5, 5.41) is 9.10. The number of nitrogens with two attached hydrogens (primary N) is 1. The topological polar surface area (TPSA) is 84.8 Å². The van der Waals surface area contributed by atoms with Gasteiger partial charge in [0.15, 0.2) is 5.16 Å². The number of aromatic nitrogens is 2. The van der Waals surface area contributed by atoms with Gasteiger partial charge in [-0.1, -0.05) is 11.8 Å². The Bertz CT molecular complexity index is 657. The summed E-state index contributed by atoms with van der Waals surface area (Å²) in [6.07, 6.45) is 1.81. The molecule has 96 valence electrons. The predicted octanol–water partition coefficient (Wildman–Crippen LogP) is 2.58. The minimum atomic E-state index is -0.646. The van der Waals surface area contributed by atoms with E-state index in [-0.39, 0.29) is 23.0 Å². The summed E-state index contributed by atoms with van der Waals surface area (Å²) in [4.78, 5) is 8.05. The number of thioether (sulfide) groups is 1. The van der Waals surface area contributed by atoms with Crippen LogP contribution in [0.3, 0.4) is 0 Å². The second-order valence-electron chi connectivity index (χ2n) is 3.47. The van der Waals surface area contributed by atoms with Gasteiger partial charge in [0.1, 0.15) is 23.5 Å². The van der Waals surface area contributed by atoms with E-state index in [4.69, 9.17) is 15.7 Å². The number of anilines is 1. The highest BCUT2D eigenvalue weighted by atomic mass is 32.2. The fourth-order valence-corrected chi connectivity index (χ4v) is 1.71. The number of hydrogen-bond donors (Lipinski definition) is 1. The van der Waals surface area contributed by atoms with E-state index in [0.717, 1.165) is 6.07 Å². The zero-order chi connectivity index (χ0) is 13.8. The molecule has 19 heavy (non-hydrogen) atoms. The molecule has 0 bridgehead atoms. The summed E-state index contributed by atoms with van der Waals surface area (Å²) in [5.41, 5.74) is 5.56. The van der Waals surface area contributed by atoms with Crippen LogP contribution in [0.1, 0.15) is 5.56 Å². The van der Waals surface area contributed by atoms with Gasteiger partial charge >= 0.3 is 0 Å². The van der Waals surface area contributed by atoms with Crippen molar-refractivity contribution in [2.24, 2.45) is 0 Å². The number of hydrogen-bond acceptors (Lipinski definition) is 6. The Labute approximate surface area is 113 Å². The van der Waals surface area contributed by atoms with Crippen molar-refractivity contribution in [3.8, 4) is 17.7 Å². The Hall–Kier alpha value is -2.33. The van der Waals surface area contributed by atoms with E-state index in [1.165, 1.54) is 30.0 Å². The van der Waals surface area contributed by atoms with Crippen molar-refractivity contribution in [2.45, 2.75) is 5.16 Å². The van der Waals surface area contributed by atoms with Gasteiger partial charge in [-0.15, -0.1) is 0 Å². The molecule has 2 aromatic rings. The van der Waals surface area contributed by atoms with Crippen molar-refractivity contribution in [1.82, 2.24) is 9.97 Å². The van der Waals surface area contributed by atoms with Crippen LogP contribution in [0.15, 0.2) is 29.4 Å². The molecule has 0 spiro atoms. The molecule has 1 aromatic carbocycles. The highest BCUT2D eigenvalue weighted by Gasteiger charge is 2.07. The number of nitrogen functional groups attached to an aromatic ring is 1. The van der Waals surface area contributed by atoms with Gasteiger partial charge < -0.3 is 10.5 Å². The van der Waals surface area contributed by atoms with Gasteiger partial charge in [0, 0.05) is 12.1 Å². The molecule has 0 saturated heterocycles. The molecule has 0 radical (unpaired) electrons. The molecule has 0 amide bonds. The van der Waals surface area contributed by atoms with Gasteiger partial charge in [-0.3, -0.25) is 0 Å². The van der Waals surface area contributed by atoms with E-state index in [1.807, 2.05) is 0 Å². The first-order chi connectivity index (χ1) is 9.12. The standard InChI is InChI=1S/C12H9FN4OS/c1-19-12-16-10(15)5-11(17-12)18-8-3-2-7(6-14)9(13)4-8/h2-5H,1H3,(H2,15,16,17). The molecular formula is C12H9FN4OS. The lowest BCUT2D eigenvalue weighted by atomic mass is 10.2. The maximum atomic E-state index is 13.4. The monoisotopic (exact) mass is 276 g/mol. The van der Waals surface area contributed by atoms with Crippen LogP contribution in [-0.2, 0) is 0 Å². The summed E-state index contributed by atoms with van der Waals surface area (Å²) in [6, 6.07) is 7.12. The third-order valence-electron chi connectivity index (χ3n) is 2.17. The molecule has 0 aliphatic carbocycles. The van der Waals surface area contributed by atoms with E-state index in [2.05, 4.69) is 9.97 Å². The van der Waals surface area contributed by atoms with Crippen molar-refractivity contribution in [2.75, 3.05) is 12.0 Å². The number of rotatable bonds is 3. The number of halogens is 1. The van der Waals surface area contributed by atoms with Gasteiger partial charge in [0.25, 0.3) is 0 Å². The predicted molar refractivity (Wildman–Crippen MR) is 69.4 cm³/mol. The zero-order valence-electron chi connectivity index (χ0n) is 9.92. The third kappa shape index (κ3) is 3.11. The van der Waals surface area contributed by atoms with Gasteiger partial charge in [0.2, 0.25) is 5.88 Å². The Morgan fingerprint density at radius 1 is 1.37 bits per heavy atom. The van der Waals surface area contributed by atoms with Gasteiger partial charge in [-0.2, -0.15) is 10.2 Å². The van der Waals surface area contributed by atoms with Crippen molar-refractivity contribution >= 4 is 17.6 Å². The lowest BCUT2D eigenvalue weighted by molar-refractivity contribution is 0.451. The van der Waals surface area contributed by atoms with Crippen LogP contribution < -0.4 is 10.5 Å². The fourth-order valence-electron chi connectivity index (χ4n) is 1.34. The van der Waals surface area contributed by atoms with Crippen molar-refractivity contribution < 1.29 is 9.13 Å². The molecular weight excluding hydrogens is 267 g/mol. The molecule has 1 heterocycles. The largest absolute Gasteiger partial charge is 0.439 e. The van der Waals surface area contributed by atoms with Crippen LogP contribution in [0.4, 0.5) is 10.2 Å². The molecule has 2 N–H and O–H groups in total. The second kappa shape index (κ2) is 5.54. The highest BCUT2D eigenvalue weighted by molar-refractivity contribution is 7.98. The van der Waals surface area contributed by atoms with Gasteiger partial charge in [-0.25, -0.2) is 9.37 Å². The summed E-state index contributed by atoms with van der Waals surface area (Å²) in [5.74, 6) is 0.0817. The van der Waals surface area contributed by atoms with Crippen LogP contribution in [0.5, 0.6) is 11.6 Å². The first-order valence-corrected chi connectivity index (χ1v) is 6.41. The average molecular weight is 276 g/mol. The first-order valence-electron chi connectivity index (χ1n) is 5.18. The zero-order valence-corrected chi connectivity index (χ0v) is 10.7. The quantitative estimate of drug-likeness (QED) is 0.685. The lowest BCUT2D eigenvalue weighted by Gasteiger charge is -2.06. The summed E-state index contributed by atoms with van der Waals surface area (Å²) >= 11 is 1.32. The molecule has 0 aliphatic rings. The fraction of sp³-hybridized carbons (Fsp3) is 0.0833. The van der Waals surface area contributed by atoms with Crippen LogP contribution in [-0.4, -0.2) is 16.2 Å². The Kier molecular flexibility index (Phi) is 3.82. The maximum Gasteiger partial charge on any atom is 0.225 e. The molecule has 0 saturated carbocycles. The Morgan fingerprint density at radius 2 is 2.16 bits per heavy atom. The van der Waals surface area contributed by atoms with E-state index < -0.39 is 5.82 Å². The van der Waals surface area contributed by atoms with Gasteiger partial charge in [-0.05, 0) is 18.4 Å². The van der Waals surface area contributed by atoms with Gasteiger partial charge in [0.05, 0.1) is 5.56 Å². The smallest absolute Gasteiger partial charge is 0.225 e. The molecule has 1 aromatic heterocycles. The van der Waals surface area contributed by atoms with E-state index in [1.54, 1.807) is 12.3 Å². The van der Waals surface area contributed by atoms with Crippen LogP contribution in [0.2, 0.25) is 0 Å². The molecule has 0 atom stereocenters. The first kappa shape index (κ1) is 13.1. The molecule has 5 nitrogen and oxygen atoms in total. The summed E-state index contributed by atoms with van der Waals surface area (Å²) in [6.45, 7) is 0. The summed E-state index contributed by atoms with van der Waals surface area (Å²) < 4.78 is 18.8. The second-order valence-corrected chi connectivity index (χ2v) is 4.25. The van der Waals surface area contributed by atoms with E-state index >= 15 is 0 Å². The normalized spacial score (nSPS) is 9.95. The molecule has 7 heteroatoms. The minimum absolute atomic E-state index is 0.0423. The van der Waals surface area contributed by atoms with Crippen molar-refractivity contribution in [3.63, 3.8) is 0 Å². The third-order valence-corrected chi connectivity index (χ3v) is 2.72. The molecule has 0 aliphatic heterocycles. The van der Waals surface area contributed by atoms with Crippen LogP contribution in [0.25, 0.3) is 0 Å². The number of nitriles is 1. The minimum Gasteiger partial charge on any atom is -0.439 e. The van der Waals surface area contributed by atoms with Crippen molar-refractivity contribution in [3.05, 3.63) is 35.6 Å².